The highest BCUT2D eigenvalue weighted by Crippen LogP contribution is 2.35. The third kappa shape index (κ3) is 3.60. The van der Waals surface area contributed by atoms with Crippen LogP contribution < -0.4 is 9.62 Å². The maximum atomic E-state index is 13.4. The molecule has 31 heavy (non-hydrogen) atoms. The summed E-state index contributed by atoms with van der Waals surface area (Å²) in [6.45, 7) is 0.351. The number of halogens is 1. The van der Waals surface area contributed by atoms with Gasteiger partial charge in [-0.2, -0.15) is 0 Å². The number of hydrogen-bond acceptors (Lipinski definition) is 3. The van der Waals surface area contributed by atoms with Crippen molar-refractivity contribution in [1.29, 1.82) is 0 Å². The Bertz CT molecular complexity index is 1300. The highest BCUT2D eigenvalue weighted by Gasteiger charge is 2.32. The van der Waals surface area contributed by atoms with Crippen molar-refractivity contribution in [3.05, 3.63) is 87.9 Å². The highest BCUT2D eigenvalue weighted by atomic mass is 35.5. The number of rotatable bonds is 4. The van der Waals surface area contributed by atoms with Crippen LogP contribution in [0.2, 0.25) is 5.02 Å². The smallest absolute Gasteiger partial charge is 0.265 e. The number of nitrogens with zero attached hydrogens (tertiary/aromatic N) is 1. The molecule has 158 valence electrons. The number of amides is 1. The van der Waals surface area contributed by atoms with E-state index in [1.165, 1.54) is 27.6 Å². The van der Waals surface area contributed by atoms with Gasteiger partial charge in [-0.25, -0.2) is 8.42 Å². The predicted octanol–water partition coefficient (Wildman–Crippen LogP) is 4.83. The van der Waals surface area contributed by atoms with Crippen LogP contribution in [0.25, 0.3) is 0 Å². The summed E-state index contributed by atoms with van der Waals surface area (Å²) >= 11 is 6.28. The van der Waals surface area contributed by atoms with Crippen molar-refractivity contribution in [2.24, 2.45) is 0 Å². The molecule has 1 N–H and O–H groups in total. The van der Waals surface area contributed by atoms with Crippen molar-refractivity contribution in [3.8, 4) is 0 Å². The van der Waals surface area contributed by atoms with E-state index in [0.29, 0.717) is 24.3 Å². The molecule has 0 fully saturated rings. The number of benzene rings is 3. The van der Waals surface area contributed by atoms with E-state index in [2.05, 4.69) is 5.32 Å². The van der Waals surface area contributed by atoms with Gasteiger partial charge in [-0.3, -0.25) is 9.10 Å². The van der Waals surface area contributed by atoms with Crippen LogP contribution >= 0.6 is 11.6 Å². The van der Waals surface area contributed by atoms with Crippen LogP contribution in [0.15, 0.2) is 65.6 Å². The first-order valence-electron chi connectivity index (χ1n) is 10.3. The minimum absolute atomic E-state index is 0.0625. The first-order chi connectivity index (χ1) is 14.9. The summed E-state index contributed by atoms with van der Waals surface area (Å²) in [5, 5.41) is 2.98. The molecular formula is C24H21ClN2O3S. The molecule has 0 bridgehead atoms. The Labute approximate surface area is 186 Å². The van der Waals surface area contributed by atoms with Crippen LogP contribution in [0.1, 0.15) is 33.5 Å². The summed E-state index contributed by atoms with van der Waals surface area (Å²) < 4.78 is 28.1. The quantitative estimate of drug-likeness (QED) is 0.616. The van der Waals surface area contributed by atoms with Gasteiger partial charge in [-0.15, -0.1) is 0 Å². The van der Waals surface area contributed by atoms with E-state index in [4.69, 9.17) is 11.6 Å². The molecule has 0 saturated heterocycles. The Balaban J connectivity index is 1.45. The van der Waals surface area contributed by atoms with Crippen molar-refractivity contribution in [3.63, 3.8) is 0 Å². The van der Waals surface area contributed by atoms with Crippen molar-refractivity contribution >= 4 is 38.9 Å². The Kier molecular flexibility index (Phi) is 4.99. The molecule has 0 saturated carbocycles. The van der Waals surface area contributed by atoms with Crippen molar-refractivity contribution < 1.29 is 13.2 Å². The molecule has 0 atom stereocenters. The maximum Gasteiger partial charge on any atom is 0.265 e. The van der Waals surface area contributed by atoms with E-state index in [1.54, 1.807) is 12.1 Å². The number of anilines is 2. The molecule has 1 aliphatic heterocycles. The SMILES string of the molecule is O=C(Nc1ccc2c(c1)CCC2)c1ccc(Cl)c(S(=O)(=O)N2CCc3ccccc32)c1. The van der Waals surface area contributed by atoms with E-state index in [1.807, 2.05) is 36.4 Å². The van der Waals surface area contributed by atoms with Crippen LogP contribution in [0, 0.1) is 0 Å². The molecule has 7 heteroatoms. The fraction of sp³-hybridized carbons (Fsp3) is 0.208. The van der Waals surface area contributed by atoms with Crippen molar-refractivity contribution in [1.82, 2.24) is 0 Å². The molecule has 0 unspecified atom stereocenters. The van der Waals surface area contributed by atoms with Gasteiger partial charge in [0.15, 0.2) is 0 Å². The van der Waals surface area contributed by atoms with Gasteiger partial charge in [-0.05, 0) is 78.8 Å². The first kappa shape index (κ1) is 20.1. The van der Waals surface area contributed by atoms with E-state index < -0.39 is 10.0 Å². The number of nitrogens with one attached hydrogen (secondary N) is 1. The molecule has 1 aliphatic carbocycles. The number of sulfonamides is 1. The number of hydrogen-bond donors (Lipinski definition) is 1. The number of fused-ring (bicyclic) bond motifs is 2. The topological polar surface area (TPSA) is 66.5 Å². The average Bonchev–Trinajstić information content (AvgIpc) is 3.40. The monoisotopic (exact) mass is 452 g/mol. The third-order valence-corrected chi connectivity index (χ3v) is 8.26. The zero-order valence-electron chi connectivity index (χ0n) is 16.8. The third-order valence-electron chi connectivity index (χ3n) is 5.96. The van der Waals surface area contributed by atoms with Gasteiger partial charge in [0, 0.05) is 17.8 Å². The lowest BCUT2D eigenvalue weighted by molar-refractivity contribution is 0.102. The molecular weight excluding hydrogens is 432 g/mol. The predicted molar refractivity (Wildman–Crippen MR) is 123 cm³/mol. The van der Waals surface area contributed by atoms with Gasteiger partial charge in [0.1, 0.15) is 4.90 Å². The lowest BCUT2D eigenvalue weighted by atomic mass is 10.1. The van der Waals surface area contributed by atoms with E-state index in [9.17, 15) is 13.2 Å². The van der Waals surface area contributed by atoms with Gasteiger partial charge in [-0.1, -0.05) is 35.9 Å². The summed E-state index contributed by atoms with van der Waals surface area (Å²) in [5.41, 5.74) is 5.17. The molecule has 5 nitrogen and oxygen atoms in total. The summed E-state index contributed by atoms with van der Waals surface area (Å²) in [5.74, 6) is -0.368. The van der Waals surface area contributed by atoms with Gasteiger partial charge < -0.3 is 5.32 Å². The fourth-order valence-corrected chi connectivity index (χ4v) is 6.38. The van der Waals surface area contributed by atoms with Gasteiger partial charge in [0.05, 0.1) is 10.7 Å². The van der Waals surface area contributed by atoms with E-state index >= 15 is 0 Å². The second kappa shape index (κ2) is 7.70. The Morgan fingerprint density at radius 2 is 1.71 bits per heavy atom. The Hall–Kier alpha value is -2.83. The molecule has 3 aromatic carbocycles. The second-order valence-electron chi connectivity index (χ2n) is 7.89. The number of aryl methyl sites for hydroxylation is 2. The summed E-state index contributed by atoms with van der Waals surface area (Å²) in [4.78, 5) is 12.8. The minimum atomic E-state index is -3.90. The molecule has 1 amide bonds. The Morgan fingerprint density at radius 3 is 2.58 bits per heavy atom. The number of para-hydroxylation sites is 1. The van der Waals surface area contributed by atoms with Crippen LogP contribution in [0.4, 0.5) is 11.4 Å². The van der Waals surface area contributed by atoms with Crippen molar-refractivity contribution in [2.45, 2.75) is 30.6 Å². The average molecular weight is 453 g/mol. The number of carbonyl (C=O) groups is 1. The largest absolute Gasteiger partial charge is 0.322 e. The fourth-order valence-electron chi connectivity index (χ4n) is 4.37. The maximum absolute atomic E-state index is 13.4. The van der Waals surface area contributed by atoms with Crippen LogP contribution in [-0.2, 0) is 29.3 Å². The Morgan fingerprint density at radius 1 is 0.903 bits per heavy atom. The van der Waals surface area contributed by atoms with Crippen LogP contribution in [0.5, 0.6) is 0 Å². The standard InChI is InChI=1S/C24H21ClN2O3S/c25-21-11-9-19(24(28)26-20-10-8-16-5-3-6-18(16)14-20)15-23(21)31(29,30)27-13-12-17-4-1-2-7-22(17)27/h1-2,4,7-11,14-15H,3,5-6,12-13H2,(H,26,28). The zero-order chi connectivity index (χ0) is 21.6. The minimum Gasteiger partial charge on any atom is -0.322 e. The molecule has 1 heterocycles. The van der Waals surface area contributed by atoms with Crippen LogP contribution in [0.3, 0.4) is 0 Å². The molecule has 3 aromatic rings. The molecule has 0 radical (unpaired) electrons. The number of carbonyl (C=O) groups excluding carboxylic acids is 1. The molecule has 2 aliphatic rings. The molecule has 5 rings (SSSR count). The van der Waals surface area contributed by atoms with Gasteiger partial charge >= 0.3 is 0 Å². The second-order valence-corrected chi connectivity index (χ2v) is 10.1. The van der Waals surface area contributed by atoms with Crippen molar-refractivity contribution in [2.75, 3.05) is 16.2 Å². The molecule has 0 aromatic heterocycles. The zero-order valence-corrected chi connectivity index (χ0v) is 18.3. The summed E-state index contributed by atoms with van der Waals surface area (Å²) in [7, 11) is -3.90. The summed E-state index contributed by atoms with van der Waals surface area (Å²) in [6, 6.07) is 17.7. The highest BCUT2D eigenvalue weighted by molar-refractivity contribution is 7.93. The molecule has 0 spiro atoms. The normalized spacial score (nSPS) is 14.9. The van der Waals surface area contributed by atoms with Gasteiger partial charge in [0.25, 0.3) is 15.9 Å². The van der Waals surface area contributed by atoms with E-state index in [-0.39, 0.29) is 21.4 Å². The lowest BCUT2D eigenvalue weighted by Gasteiger charge is -2.20. The van der Waals surface area contributed by atoms with Gasteiger partial charge in [0.2, 0.25) is 0 Å². The first-order valence-corrected chi connectivity index (χ1v) is 12.1. The van der Waals surface area contributed by atoms with E-state index in [0.717, 1.165) is 24.8 Å². The lowest BCUT2D eigenvalue weighted by Crippen LogP contribution is -2.29. The summed E-state index contributed by atoms with van der Waals surface area (Å²) in [6.07, 6.45) is 3.86. The van der Waals surface area contributed by atoms with Crippen LogP contribution in [-0.4, -0.2) is 20.9 Å².